The predicted octanol–water partition coefficient (Wildman–Crippen LogP) is 7.76. The van der Waals surface area contributed by atoms with E-state index in [4.69, 9.17) is 26.1 Å². The van der Waals surface area contributed by atoms with Crippen LogP contribution < -0.4 is 0 Å². The molecule has 0 saturated heterocycles. The van der Waals surface area contributed by atoms with Crippen molar-refractivity contribution in [1.82, 2.24) is 9.55 Å². The summed E-state index contributed by atoms with van der Waals surface area (Å²) in [6, 6.07) is 7.62. The molecule has 0 fully saturated rings. The number of allylic oxidation sites excluding steroid dienone is 3. The van der Waals surface area contributed by atoms with Gasteiger partial charge < -0.3 is 14.0 Å². The second-order valence-corrected chi connectivity index (χ2v) is 10.4. The first-order valence-corrected chi connectivity index (χ1v) is 12.6. The van der Waals surface area contributed by atoms with Gasteiger partial charge in [0.1, 0.15) is 5.65 Å². The predicted molar refractivity (Wildman–Crippen MR) is 159 cm³/mol. The van der Waals surface area contributed by atoms with Crippen molar-refractivity contribution >= 4 is 34.8 Å². The van der Waals surface area contributed by atoms with Crippen LogP contribution >= 0.6 is 11.6 Å². The Labute approximate surface area is 232 Å². The largest absolute Gasteiger partial charge is 0.467 e. The Morgan fingerprint density at radius 2 is 1.84 bits per heavy atom. The Kier molecular flexibility index (Phi) is 10.2. The number of ether oxygens (including phenoxy) is 2. The third-order valence-corrected chi connectivity index (χ3v) is 6.56. The van der Waals surface area contributed by atoms with E-state index in [1.165, 1.54) is 7.11 Å². The number of carbonyl (C=O) groups excluding carboxylic acids is 1. The van der Waals surface area contributed by atoms with E-state index in [2.05, 4.69) is 30.0 Å². The number of carbonyl (C=O) groups is 1. The zero-order chi connectivity index (χ0) is 27.5. The summed E-state index contributed by atoms with van der Waals surface area (Å²) in [4.78, 5) is 22.2. The fourth-order valence-electron chi connectivity index (χ4n) is 4.45. The van der Waals surface area contributed by atoms with E-state index in [-0.39, 0.29) is 7.43 Å². The Morgan fingerprint density at radius 3 is 2.37 bits per heavy atom. The van der Waals surface area contributed by atoms with Crippen molar-refractivity contribution in [2.75, 3.05) is 14.2 Å². The second kappa shape index (κ2) is 12.5. The molecule has 0 N–H and O–H groups in total. The molecule has 0 bridgehead atoms. The standard InChI is InChI=1S/C30H36ClN3O3.CH4/c1-10-21(15-16-32-8)17-34-20(4)18(2)24-26(22-11-13-23(31)14-12-22)25(19(3)33-28(24)34)27(29(35)36-9)37-30(5,6)7;/h10-16,27H,1,17H2,2-9H3;1H4/b21-15+,32-16?;. The van der Waals surface area contributed by atoms with Gasteiger partial charge in [-0.3, -0.25) is 4.99 Å². The molecule has 2 heterocycles. The summed E-state index contributed by atoms with van der Waals surface area (Å²) in [7, 11) is 3.11. The van der Waals surface area contributed by atoms with Gasteiger partial charge in [-0.1, -0.05) is 43.8 Å². The fourth-order valence-corrected chi connectivity index (χ4v) is 4.58. The van der Waals surface area contributed by atoms with Crippen molar-refractivity contribution in [3.8, 4) is 11.1 Å². The molecule has 0 spiro atoms. The molecule has 6 nitrogen and oxygen atoms in total. The molecule has 3 rings (SSSR count). The third-order valence-electron chi connectivity index (χ3n) is 6.31. The van der Waals surface area contributed by atoms with Crippen molar-refractivity contribution in [3.63, 3.8) is 0 Å². The number of halogens is 1. The number of nitrogens with zero attached hydrogens (tertiary/aromatic N) is 3. The molecule has 0 radical (unpaired) electrons. The molecule has 1 unspecified atom stereocenters. The van der Waals surface area contributed by atoms with Crippen molar-refractivity contribution in [3.05, 3.63) is 76.1 Å². The smallest absolute Gasteiger partial charge is 0.339 e. The number of aromatic nitrogens is 2. The topological polar surface area (TPSA) is 65.7 Å². The number of esters is 1. The van der Waals surface area contributed by atoms with E-state index in [0.717, 1.165) is 39.0 Å². The Balaban J connectivity index is 0.00000507. The number of aryl methyl sites for hydroxylation is 2. The number of benzene rings is 1. The summed E-state index contributed by atoms with van der Waals surface area (Å²) < 4.78 is 13.7. The minimum Gasteiger partial charge on any atom is -0.467 e. The number of methoxy groups -OCH3 is 1. The van der Waals surface area contributed by atoms with Crippen LogP contribution in [0.25, 0.3) is 22.2 Å². The van der Waals surface area contributed by atoms with E-state index < -0.39 is 17.7 Å². The van der Waals surface area contributed by atoms with Crippen LogP contribution in [0.15, 0.2) is 53.6 Å². The summed E-state index contributed by atoms with van der Waals surface area (Å²) >= 11 is 6.24. The summed E-state index contributed by atoms with van der Waals surface area (Å²) in [6.45, 7) is 16.4. The highest BCUT2D eigenvalue weighted by atomic mass is 35.5. The van der Waals surface area contributed by atoms with Gasteiger partial charge in [0, 0.05) is 52.7 Å². The molecule has 0 aliphatic rings. The minimum absolute atomic E-state index is 0. The lowest BCUT2D eigenvalue weighted by Crippen LogP contribution is -2.29. The van der Waals surface area contributed by atoms with E-state index in [1.54, 1.807) is 13.3 Å². The molecule has 2 aromatic heterocycles. The first-order chi connectivity index (χ1) is 17.4. The molecular weight excluding hydrogens is 498 g/mol. The molecule has 0 saturated carbocycles. The van der Waals surface area contributed by atoms with Crippen LogP contribution in [-0.2, 0) is 20.8 Å². The van der Waals surface area contributed by atoms with Gasteiger partial charge in [-0.05, 0) is 76.5 Å². The highest BCUT2D eigenvalue weighted by molar-refractivity contribution is 6.30. The molecule has 38 heavy (non-hydrogen) atoms. The highest BCUT2D eigenvalue weighted by Gasteiger charge is 2.34. The Bertz CT molecular complexity index is 1380. The van der Waals surface area contributed by atoms with Crippen molar-refractivity contribution in [1.29, 1.82) is 0 Å². The van der Waals surface area contributed by atoms with Gasteiger partial charge in [0.05, 0.1) is 12.7 Å². The van der Waals surface area contributed by atoms with Crippen molar-refractivity contribution in [2.45, 2.75) is 67.2 Å². The van der Waals surface area contributed by atoms with Crippen LogP contribution in [0.3, 0.4) is 0 Å². The molecular formula is C31H40ClN3O3. The lowest BCUT2D eigenvalue weighted by molar-refractivity contribution is -0.164. The lowest BCUT2D eigenvalue weighted by atomic mass is 9.91. The van der Waals surface area contributed by atoms with Gasteiger partial charge in [-0.2, -0.15) is 0 Å². The van der Waals surface area contributed by atoms with Crippen molar-refractivity contribution in [2.24, 2.45) is 4.99 Å². The number of hydrogen-bond acceptors (Lipinski definition) is 5. The van der Waals surface area contributed by atoms with E-state index >= 15 is 0 Å². The quantitative estimate of drug-likeness (QED) is 0.167. The second-order valence-electron chi connectivity index (χ2n) is 9.97. The summed E-state index contributed by atoms with van der Waals surface area (Å²) in [5.74, 6) is -0.473. The average molecular weight is 538 g/mol. The van der Waals surface area contributed by atoms with Crippen LogP contribution in [0.5, 0.6) is 0 Å². The first kappa shape index (κ1) is 31.0. The van der Waals surface area contributed by atoms with Crippen LogP contribution in [0.4, 0.5) is 0 Å². The number of aliphatic imine (C=N–C) groups is 1. The molecule has 1 aromatic carbocycles. The van der Waals surface area contributed by atoms with Gasteiger partial charge >= 0.3 is 5.97 Å². The minimum atomic E-state index is -0.958. The van der Waals surface area contributed by atoms with Crippen LogP contribution in [0.2, 0.25) is 5.02 Å². The SMILES string of the molecule is C.C=C/C(=C\C=NC)Cn1c(C)c(C)c2c(-c3ccc(Cl)cc3)c(C(OC(C)(C)C)C(=O)OC)c(C)nc21. The summed E-state index contributed by atoms with van der Waals surface area (Å²) in [5, 5.41) is 1.59. The van der Waals surface area contributed by atoms with Crippen molar-refractivity contribution < 1.29 is 14.3 Å². The molecule has 0 amide bonds. The fraction of sp³-hybridized carbons (Fsp3) is 0.387. The Hall–Kier alpha value is -3.22. The van der Waals surface area contributed by atoms with E-state index in [0.29, 0.717) is 22.8 Å². The van der Waals surface area contributed by atoms with Gasteiger partial charge in [-0.25, -0.2) is 9.78 Å². The summed E-state index contributed by atoms with van der Waals surface area (Å²) in [5.41, 5.74) is 6.55. The maximum Gasteiger partial charge on any atom is 0.339 e. The molecule has 1 atom stereocenters. The number of fused-ring (bicyclic) bond motifs is 1. The van der Waals surface area contributed by atoms with E-state index in [1.807, 2.05) is 64.1 Å². The molecule has 0 aliphatic carbocycles. The lowest BCUT2D eigenvalue weighted by Gasteiger charge is -2.29. The molecule has 3 aromatic rings. The highest BCUT2D eigenvalue weighted by Crippen LogP contribution is 2.42. The van der Waals surface area contributed by atoms with Gasteiger partial charge in [0.25, 0.3) is 0 Å². The third kappa shape index (κ3) is 6.43. The molecule has 0 aliphatic heterocycles. The zero-order valence-corrected chi connectivity index (χ0v) is 23.7. The maximum atomic E-state index is 13.1. The number of rotatable bonds is 8. The van der Waals surface area contributed by atoms with Crippen LogP contribution in [-0.4, -0.2) is 41.5 Å². The zero-order valence-electron chi connectivity index (χ0n) is 23.0. The van der Waals surface area contributed by atoms with Gasteiger partial charge in [0.2, 0.25) is 0 Å². The number of hydrogen-bond donors (Lipinski definition) is 0. The average Bonchev–Trinajstić information content (AvgIpc) is 3.08. The number of pyridine rings is 1. The summed E-state index contributed by atoms with van der Waals surface area (Å²) in [6.07, 6.45) is 4.57. The first-order valence-electron chi connectivity index (χ1n) is 12.2. The molecule has 204 valence electrons. The molecule has 7 heteroatoms. The Morgan fingerprint density at radius 1 is 1.21 bits per heavy atom. The van der Waals surface area contributed by atoms with Crippen LogP contribution in [0, 0.1) is 20.8 Å². The van der Waals surface area contributed by atoms with E-state index in [9.17, 15) is 4.79 Å². The van der Waals surface area contributed by atoms with Crippen LogP contribution in [0.1, 0.15) is 56.8 Å². The van der Waals surface area contributed by atoms with Gasteiger partial charge in [0.15, 0.2) is 6.10 Å². The van der Waals surface area contributed by atoms with Gasteiger partial charge in [-0.15, -0.1) is 0 Å². The normalized spacial score (nSPS) is 13.0. The monoisotopic (exact) mass is 537 g/mol. The maximum absolute atomic E-state index is 13.1.